The Labute approximate surface area is 122 Å². The zero-order valence-corrected chi connectivity index (χ0v) is 12.0. The molecule has 3 N–H and O–H groups in total. The molecule has 8 nitrogen and oxygen atoms in total. The number of hydrogen-bond donors (Lipinski definition) is 2. The van der Waals surface area contributed by atoms with Crippen molar-refractivity contribution in [3.05, 3.63) is 28.3 Å². The summed E-state index contributed by atoms with van der Waals surface area (Å²) in [4.78, 5) is 12.4. The van der Waals surface area contributed by atoms with Gasteiger partial charge in [-0.15, -0.1) is 0 Å². The summed E-state index contributed by atoms with van der Waals surface area (Å²) in [5.41, 5.74) is 0.247. The molecule has 114 valence electrons. The van der Waals surface area contributed by atoms with E-state index in [0.29, 0.717) is 17.5 Å². The Kier molecular flexibility index (Phi) is 3.34. The van der Waals surface area contributed by atoms with E-state index in [4.69, 9.17) is 5.14 Å². The van der Waals surface area contributed by atoms with E-state index in [1.165, 1.54) is 12.1 Å². The van der Waals surface area contributed by atoms with Crippen LogP contribution in [0.2, 0.25) is 0 Å². The van der Waals surface area contributed by atoms with Crippen LogP contribution in [0.5, 0.6) is 0 Å². The molecule has 2 fully saturated rings. The molecule has 2 atom stereocenters. The van der Waals surface area contributed by atoms with E-state index >= 15 is 0 Å². The number of sulfonamides is 1. The van der Waals surface area contributed by atoms with E-state index < -0.39 is 14.9 Å². The average molecular weight is 312 g/mol. The molecule has 2 heterocycles. The SMILES string of the molecule is NS(=O)(=O)c1ccc(N2CC3CNCC3C2)c([N+](=O)[O-])c1. The van der Waals surface area contributed by atoms with Gasteiger partial charge < -0.3 is 10.2 Å². The van der Waals surface area contributed by atoms with Gasteiger partial charge in [0.15, 0.2) is 0 Å². The highest BCUT2D eigenvalue weighted by Gasteiger charge is 2.38. The fraction of sp³-hybridized carbons (Fsp3) is 0.500. The number of nitro benzene ring substituents is 1. The molecular formula is C12H16N4O4S. The lowest BCUT2D eigenvalue weighted by Crippen LogP contribution is -2.26. The Morgan fingerprint density at radius 2 is 1.90 bits per heavy atom. The Morgan fingerprint density at radius 1 is 1.29 bits per heavy atom. The van der Waals surface area contributed by atoms with Gasteiger partial charge in [0.25, 0.3) is 5.69 Å². The van der Waals surface area contributed by atoms with Crippen molar-refractivity contribution in [3.63, 3.8) is 0 Å². The number of hydrogen-bond acceptors (Lipinski definition) is 6. The Bertz CT molecular complexity index is 678. The first-order valence-electron chi connectivity index (χ1n) is 6.63. The number of anilines is 1. The summed E-state index contributed by atoms with van der Waals surface area (Å²) in [7, 11) is -3.95. The molecule has 9 heteroatoms. The molecule has 0 saturated carbocycles. The van der Waals surface area contributed by atoms with Crippen LogP contribution in [0.1, 0.15) is 0 Å². The predicted octanol–water partition coefficient (Wildman–Crippen LogP) is -0.102. The van der Waals surface area contributed by atoms with E-state index in [1.807, 2.05) is 4.90 Å². The molecule has 0 spiro atoms. The van der Waals surface area contributed by atoms with Crippen molar-refractivity contribution in [1.29, 1.82) is 0 Å². The molecule has 0 bridgehead atoms. The van der Waals surface area contributed by atoms with Gasteiger partial charge in [0.2, 0.25) is 10.0 Å². The van der Waals surface area contributed by atoms with E-state index in [9.17, 15) is 18.5 Å². The quantitative estimate of drug-likeness (QED) is 0.594. The molecule has 21 heavy (non-hydrogen) atoms. The van der Waals surface area contributed by atoms with E-state index in [0.717, 1.165) is 32.2 Å². The number of primary sulfonamides is 1. The van der Waals surface area contributed by atoms with Gasteiger partial charge in [0, 0.05) is 32.2 Å². The summed E-state index contributed by atoms with van der Waals surface area (Å²) >= 11 is 0. The van der Waals surface area contributed by atoms with Gasteiger partial charge in [-0.2, -0.15) is 0 Å². The van der Waals surface area contributed by atoms with Gasteiger partial charge in [-0.25, -0.2) is 13.6 Å². The molecule has 2 aliphatic rings. The number of nitrogens with two attached hydrogens (primary N) is 1. The molecule has 0 aromatic heterocycles. The molecule has 2 unspecified atom stereocenters. The maximum atomic E-state index is 11.3. The lowest BCUT2D eigenvalue weighted by Gasteiger charge is -2.19. The lowest BCUT2D eigenvalue weighted by atomic mass is 10.0. The number of nitro groups is 1. The zero-order chi connectivity index (χ0) is 15.2. The van der Waals surface area contributed by atoms with Crippen LogP contribution >= 0.6 is 0 Å². The number of benzene rings is 1. The van der Waals surface area contributed by atoms with Crippen molar-refractivity contribution in [2.24, 2.45) is 17.0 Å². The fourth-order valence-corrected chi connectivity index (χ4v) is 3.68. The first kappa shape index (κ1) is 14.2. The summed E-state index contributed by atoms with van der Waals surface area (Å²) in [5.74, 6) is 0.977. The Hall–Kier alpha value is -1.71. The van der Waals surface area contributed by atoms with Crippen molar-refractivity contribution in [2.75, 3.05) is 31.1 Å². The van der Waals surface area contributed by atoms with Gasteiger partial charge in [-0.3, -0.25) is 10.1 Å². The van der Waals surface area contributed by atoms with Crippen molar-refractivity contribution in [3.8, 4) is 0 Å². The molecule has 0 amide bonds. The first-order valence-corrected chi connectivity index (χ1v) is 8.18. The summed E-state index contributed by atoms with van der Waals surface area (Å²) in [6, 6.07) is 3.84. The number of nitrogens with one attached hydrogen (secondary N) is 1. The zero-order valence-electron chi connectivity index (χ0n) is 11.2. The number of nitrogens with zero attached hydrogens (tertiary/aromatic N) is 2. The molecule has 0 radical (unpaired) electrons. The average Bonchev–Trinajstić information content (AvgIpc) is 2.97. The third-order valence-electron chi connectivity index (χ3n) is 4.20. The van der Waals surface area contributed by atoms with Gasteiger partial charge in [-0.1, -0.05) is 0 Å². The Balaban J connectivity index is 1.97. The van der Waals surface area contributed by atoms with E-state index in [-0.39, 0.29) is 10.6 Å². The van der Waals surface area contributed by atoms with Crippen LogP contribution in [0.25, 0.3) is 0 Å². The van der Waals surface area contributed by atoms with Crippen LogP contribution in [0.3, 0.4) is 0 Å². The molecule has 0 aliphatic carbocycles. The van der Waals surface area contributed by atoms with Crippen molar-refractivity contribution in [2.45, 2.75) is 4.90 Å². The summed E-state index contributed by atoms with van der Waals surface area (Å²) in [6.07, 6.45) is 0. The number of rotatable bonds is 3. The molecule has 2 aliphatic heterocycles. The van der Waals surface area contributed by atoms with Gasteiger partial charge in [0.1, 0.15) is 5.69 Å². The smallest absolute Gasteiger partial charge is 0.293 e. The monoisotopic (exact) mass is 312 g/mol. The molecule has 1 aromatic rings. The van der Waals surface area contributed by atoms with Crippen LogP contribution in [0.15, 0.2) is 23.1 Å². The first-order chi connectivity index (χ1) is 9.86. The third kappa shape index (κ3) is 2.59. The standard InChI is InChI=1S/C12H16N4O4S/c13-21(19,20)10-1-2-11(12(3-10)16(17)18)15-6-8-4-14-5-9(8)7-15/h1-3,8-9,14H,4-7H2,(H2,13,19,20). The molecular weight excluding hydrogens is 296 g/mol. The van der Waals surface area contributed by atoms with Crippen LogP contribution in [0, 0.1) is 22.0 Å². The second-order valence-corrected chi connectivity index (χ2v) is 7.10. The lowest BCUT2D eigenvalue weighted by molar-refractivity contribution is -0.384. The fourth-order valence-electron chi connectivity index (χ4n) is 3.15. The summed E-state index contributed by atoms with van der Waals surface area (Å²) in [6.45, 7) is 3.33. The summed E-state index contributed by atoms with van der Waals surface area (Å²) < 4.78 is 22.7. The van der Waals surface area contributed by atoms with Crippen LogP contribution < -0.4 is 15.4 Å². The van der Waals surface area contributed by atoms with Crippen molar-refractivity contribution >= 4 is 21.4 Å². The maximum absolute atomic E-state index is 11.3. The number of fused-ring (bicyclic) bond motifs is 1. The largest absolute Gasteiger partial charge is 0.365 e. The van der Waals surface area contributed by atoms with Gasteiger partial charge in [0.05, 0.1) is 9.82 Å². The van der Waals surface area contributed by atoms with Crippen LogP contribution in [-0.4, -0.2) is 39.5 Å². The third-order valence-corrected chi connectivity index (χ3v) is 5.11. The highest BCUT2D eigenvalue weighted by Crippen LogP contribution is 2.36. The van der Waals surface area contributed by atoms with E-state index in [2.05, 4.69) is 5.32 Å². The molecule has 2 saturated heterocycles. The molecule has 3 rings (SSSR count). The normalized spacial score (nSPS) is 25.1. The van der Waals surface area contributed by atoms with Crippen LogP contribution in [0.4, 0.5) is 11.4 Å². The van der Waals surface area contributed by atoms with Crippen LogP contribution in [-0.2, 0) is 10.0 Å². The summed E-state index contributed by atoms with van der Waals surface area (Å²) in [5, 5.41) is 19.6. The van der Waals surface area contributed by atoms with Crippen molar-refractivity contribution < 1.29 is 13.3 Å². The minimum absolute atomic E-state index is 0.213. The Morgan fingerprint density at radius 3 is 2.43 bits per heavy atom. The molecule has 1 aromatic carbocycles. The predicted molar refractivity (Wildman–Crippen MR) is 76.5 cm³/mol. The van der Waals surface area contributed by atoms with E-state index in [1.54, 1.807) is 0 Å². The second-order valence-electron chi connectivity index (χ2n) is 5.54. The van der Waals surface area contributed by atoms with Gasteiger partial charge >= 0.3 is 0 Å². The maximum Gasteiger partial charge on any atom is 0.293 e. The highest BCUT2D eigenvalue weighted by molar-refractivity contribution is 7.89. The highest BCUT2D eigenvalue weighted by atomic mass is 32.2. The van der Waals surface area contributed by atoms with Gasteiger partial charge in [-0.05, 0) is 24.0 Å². The van der Waals surface area contributed by atoms with Crippen molar-refractivity contribution in [1.82, 2.24) is 5.32 Å². The topological polar surface area (TPSA) is 119 Å². The second kappa shape index (κ2) is 4.93. The minimum atomic E-state index is -3.95. The minimum Gasteiger partial charge on any atom is -0.365 e.